The van der Waals surface area contributed by atoms with Crippen LogP contribution >= 0.6 is 0 Å². The highest BCUT2D eigenvalue weighted by Gasteiger charge is 2.21. The Hall–Kier alpha value is -2.11. The van der Waals surface area contributed by atoms with Crippen LogP contribution in [0.1, 0.15) is 36.3 Å². The largest absolute Gasteiger partial charge is 0.481 e. The van der Waals surface area contributed by atoms with E-state index in [0.29, 0.717) is 0 Å². The van der Waals surface area contributed by atoms with Crippen molar-refractivity contribution in [2.75, 3.05) is 0 Å². The van der Waals surface area contributed by atoms with Crippen LogP contribution in [0.3, 0.4) is 0 Å². The lowest BCUT2D eigenvalue weighted by Gasteiger charge is -2.20. The van der Waals surface area contributed by atoms with E-state index < -0.39 is 17.9 Å². The fourth-order valence-electron chi connectivity index (χ4n) is 1.79. The van der Waals surface area contributed by atoms with Gasteiger partial charge in [-0.15, -0.1) is 0 Å². The van der Waals surface area contributed by atoms with E-state index >= 15 is 0 Å². The van der Waals surface area contributed by atoms with Crippen LogP contribution in [-0.4, -0.2) is 27.6 Å². The predicted octanol–water partition coefficient (Wildman–Crippen LogP) is 0.923. The number of pyridine rings is 1. The second-order valence-electron chi connectivity index (χ2n) is 5.23. The van der Waals surface area contributed by atoms with E-state index in [9.17, 15) is 14.4 Å². The number of amides is 1. The average Bonchev–Trinajstić information content (AvgIpc) is 2.32. The van der Waals surface area contributed by atoms with Crippen molar-refractivity contribution in [2.24, 2.45) is 13.0 Å². The van der Waals surface area contributed by atoms with Crippen LogP contribution < -0.4 is 10.7 Å². The first kappa shape index (κ1) is 15.9. The summed E-state index contributed by atoms with van der Waals surface area (Å²) >= 11 is 0. The quantitative estimate of drug-likeness (QED) is 0.839. The van der Waals surface area contributed by atoms with E-state index in [-0.39, 0.29) is 23.3 Å². The van der Waals surface area contributed by atoms with E-state index in [4.69, 9.17) is 5.11 Å². The molecule has 0 spiro atoms. The minimum absolute atomic E-state index is 0.0224. The Morgan fingerprint density at radius 2 is 2.00 bits per heavy atom. The molecule has 6 heteroatoms. The van der Waals surface area contributed by atoms with Gasteiger partial charge in [-0.05, 0) is 12.8 Å². The molecule has 1 aromatic heterocycles. The van der Waals surface area contributed by atoms with Crippen molar-refractivity contribution in [2.45, 2.75) is 33.2 Å². The number of nitrogens with one attached hydrogen (secondary N) is 1. The molecule has 0 aromatic carbocycles. The summed E-state index contributed by atoms with van der Waals surface area (Å²) in [6.45, 7) is 5.41. The average molecular weight is 280 g/mol. The molecule has 0 aliphatic rings. The topological polar surface area (TPSA) is 88.4 Å². The maximum Gasteiger partial charge on any atom is 0.305 e. The zero-order valence-electron chi connectivity index (χ0n) is 12.1. The van der Waals surface area contributed by atoms with Gasteiger partial charge in [-0.3, -0.25) is 14.4 Å². The number of aliphatic carboxylic acids is 1. The van der Waals surface area contributed by atoms with Crippen molar-refractivity contribution in [3.05, 3.63) is 33.7 Å². The Morgan fingerprint density at radius 3 is 2.50 bits per heavy atom. The van der Waals surface area contributed by atoms with Crippen LogP contribution in [0.5, 0.6) is 0 Å². The molecule has 1 amide bonds. The first-order valence-electron chi connectivity index (χ1n) is 6.42. The normalized spacial score (nSPS) is 12.2. The SMILES string of the molecule is Cc1cc(=O)c(C(=O)N[C@@H](CC(=O)O)C(C)C)cn1C. The molecule has 6 nitrogen and oxygen atoms in total. The van der Waals surface area contributed by atoms with Gasteiger partial charge in [-0.1, -0.05) is 13.8 Å². The number of carbonyl (C=O) groups is 2. The minimum atomic E-state index is -0.985. The summed E-state index contributed by atoms with van der Waals surface area (Å²) in [5.74, 6) is -1.56. The molecule has 1 atom stereocenters. The zero-order chi connectivity index (χ0) is 15.4. The van der Waals surface area contributed by atoms with E-state index in [1.807, 2.05) is 13.8 Å². The molecular weight excluding hydrogens is 260 g/mol. The third-order valence-corrected chi connectivity index (χ3v) is 3.24. The number of nitrogens with zero attached hydrogens (tertiary/aromatic N) is 1. The fraction of sp³-hybridized carbons (Fsp3) is 0.500. The molecular formula is C14H20N2O4. The number of rotatable bonds is 5. The lowest BCUT2D eigenvalue weighted by molar-refractivity contribution is -0.137. The molecule has 1 rings (SSSR count). The summed E-state index contributed by atoms with van der Waals surface area (Å²) in [5, 5.41) is 11.5. The molecule has 0 fully saturated rings. The molecule has 0 radical (unpaired) electrons. The lowest BCUT2D eigenvalue weighted by atomic mass is 10.0. The first-order chi connectivity index (χ1) is 9.22. The maximum atomic E-state index is 12.1. The molecule has 1 heterocycles. The molecule has 110 valence electrons. The second-order valence-corrected chi connectivity index (χ2v) is 5.23. The summed E-state index contributed by atoms with van der Waals surface area (Å²) in [6.07, 6.45) is 1.29. The summed E-state index contributed by atoms with van der Waals surface area (Å²) in [4.78, 5) is 34.7. The van der Waals surface area contributed by atoms with Gasteiger partial charge in [-0.25, -0.2) is 0 Å². The maximum absolute atomic E-state index is 12.1. The van der Waals surface area contributed by atoms with Gasteiger partial charge >= 0.3 is 5.97 Å². The zero-order valence-corrected chi connectivity index (χ0v) is 12.1. The molecule has 0 aliphatic carbocycles. The summed E-state index contributed by atoms with van der Waals surface area (Å²) in [6, 6.07) is 0.877. The lowest BCUT2D eigenvalue weighted by Crippen LogP contribution is -2.41. The molecule has 2 N–H and O–H groups in total. The summed E-state index contributed by atoms with van der Waals surface area (Å²) in [7, 11) is 1.74. The minimum Gasteiger partial charge on any atom is -0.481 e. The van der Waals surface area contributed by atoms with Crippen molar-refractivity contribution >= 4 is 11.9 Å². The van der Waals surface area contributed by atoms with Crippen LogP contribution in [0, 0.1) is 12.8 Å². The van der Waals surface area contributed by atoms with Crippen LogP contribution in [0.15, 0.2) is 17.1 Å². The van der Waals surface area contributed by atoms with Gasteiger partial charge < -0.3 is 15.0 Å². The second kappa shape index (κ2) is 6.36. The Balaban J connectivity index is 2.98. The van der Waals surface area contributed by atoms with Crippen LogP contribution in [0.4, 0.5) is 0 Å². The molecule has 0 saturated heterocycles. The standard InChI is InChI=1S/C14H20N2O4/c1-8(2)11(6-13(18)19)15-14(20)10-7-16(4)9(3)5-12(10)17/h5,7-8,11H,6H2,1-4H3,(H,15,20)(H,18,19)/t11-/m0/s1. The van der Waals surface area contributed by atoms with E-state index in [2.05, 4.69) is 5.32 Å². The van der Waals surface area contributed by atoms with Gasteiger partial charge in [0, 0.05) is 31.0 Å². The van der Waals surface area contributed by atoms with Gasteiger partial charge in [0.2, 0.25) is 0 Å². The predicted molar refractivity (Wildman–Crippen MR) is 74.8 cm³/mol. The van der Waals surface area contributed by atoms with Gasteiger partial charge in [0.15, 0.2) is 5.43 Å². The molecule has 0 unspecified atom stereocenters. The molecule has 20 heavy (non-hydrogen) atoms. The number of hydrogen-bond acceptors (Lipinski definition) is 3. The molecule has 0 aliphatic heterocycles. The highest BCUT2D eigenvalue weighted by Crippen LogP contribution is 2.07. The highest BCUT2D eigenvalue weighted by molar-refractivity contribution is 5.94. The molecule has 0 saturated carbocycles. The third kappa shape index (κ3) is 3.94. The van der Waals surface area contributed by atoms with Crippen molar-refractivity contribution in [3.63, 3.8) is 0 Å². The Labute approximate surface area is 117 Å². The van der Waals surface area contributed by atoms with Crippen molar-refractivity contribution in [1.29, 1.82) is 0 Å². The number of hydrogen-bond donors (Lipinski definition) is 2. The van der Waals surface area contributed by atoms with Gasteiger partial charge in [-0.2, -0.15) is 0 Å². The van der Waals surface area contributed by atoms with Crippen molar-refractivity contribution in [3.8, 4) is 0 Å². The van der Waals surface area contributed by atoms with E-state index in [1.165, 1.54) is 12.3 Å². The van der Waals surface area contributed by atoms with Gasteiger partial charge in [0.25, 0.3) is 5.91 Å². The van der Waals surface area contributed by atoms with Gasteiger partial charge in [0.05, 0.1) is 6.42 Å². The first-order valence-corrected chi connectivity index (χ1v) is 6.42. The summed E-state index contributed by atoms with van der Waals surface area (Å²) < 4.78 is 1.68. The number of carboxylic acids is 1. The Bertz CT molecular complexity index is 575. The number of carboxylic acid groups (broad SMARTS) is 1. The molecule has 0 bridgehead atoms. The number of aromatic nitrogens is 1. The van der Waals surface area contributed by atoms with Crippen LogP contribution in [-0.2, 0) is 11.8 Å². The van der Waals surface area contributed by atoms with Crippen molar-refractivity contribution < 1.29 is 14.7 Å². The monoisotopic (exact) mass is 280 g/mol. The highest BCUT2D eigenvalue weighted by atomic mass is 16.4. The molecule has 1 aromatic rings. The van der Waals surface area contributed by atoms with Crippen LogP contribution in [0.25, 0.3) is 0 Å². The summed E-state index contributed by atoms with van der Waals surface area (Å²) in [5.41, 5.74) is 0.405. The number of aryl methyl sites for hydroxylation is 2. The number of carbonyl (C=O) groups excluding carboxylic acids is 1. The fourth-order valence-corrected chi connectivity index (χ4v) is 1.79. The Kier molecular flexibility index (Phi) is 5.07. The third-order valence-electron chi connectivity index (χ3n) is 3.24. The smallest absolute Gasteiger partial charge is 0.305 e. The van der Waals surface area contributed by atoms with E-state index in [0.717, 1.165) is 5.69 Å². The van der Waals surface area contributed by atoms with E-state index in [1.54, 1.807) is 18.5 Å². The van der Waals surface area contributed by atoms with Gasteiger partial charge in [0.1, 0.15) is 5.56 Å². The van der Waals surface area contributed by atoms with Crippen LogP contribution in [0.2, 0.25) is 0 Å². The Morgan fingerprint density at radius 1 is 1.40 bits per heavy atom. The van der Waals surface area contributed by atoms with Crippen molar-refractivity contribution in [1.82, 2.24) is 9.88 Å².